The predicted molar refractivity (Wildman–Crippen MR) is 94.3 cm³/mol. The summed E-state index contributed by atoms with van der Waals surface area (Å²) in [6.07, 6.45) is 3.75. The molecule has 0 saturated carbocycles. The number of nitrogens with zero attached hydrogens (tertiary/aromatic N) is 2. The van der Waals surface area contributed by atoms with Crippen molar-refractivity contribution >= 4 is 11.7 Å². The maximum absolute atomic E-state index is 13.3. The number of ketones is 1. The van der Waals surface area contributed by atoms with Gasteiger partial charge >= 0.3 is 0 Å². The maximum Gasteiger partial charge on any atom is 0.258 e. The first-order valence-electron chi connectivity index (χ1n) is 9.40. The normalized spacial score (nSPS) is 20.1. The van der Waals surface area contributed by atoms with E-state index in [1.165, 1.54) is 0 Å². The van der Waals surface area contributed by atoms with Crippen molar-refractivity contribution in [1.82, 2.24) is 10.1 Å². The van der Waals surface area contributed by atoms with E-state index in [1.54, 1.807) is 6.92 Å². The lowest BCUT2D eigenvalue weighted by Crippen LogP contribution is -2.32. The van der Waals surface area contributed by atoms with Crippen molar-refractivity contribution in [2.24, 2.45) is 0 Å². The molecule has 0 bridgehead atoms. The molecule has 2 aliphatic rings. The average Bonchev–Trinajstić information content (AvgIpc) is 3.31. The number of aromatic nitrogens is 1. The highest BCUT2D eigenvalue weighted by atomic mass is 16.5. The fourth-order valence-corrected chi connectivity index (χ4v) is 4.06. The molecule has 26 heavy (non-hydrogen) atoms. The molecule has 0 spiro atoms. The molecule has 1 amide bonds. The molecule has 3 heterocycles. The van der Waals surface area contributed by atoms with Gasteiger partial charge in [0.2, 0.25) is 0 Å². The lowest BCUT2D eigenvalue weighted by atomic mass is 9.92. The SMILES string of the molecule is Cc1oc2c(c1C(=O)N1CCC[C@H]1c1cc(C(C)C)on1)C(=O)CCC2. The summed E-state index contributed by atoms with van der Waals surface area (Å²) in [6, 6.07) is 1.84. The Hall–Kier alpha value is -2.37. The van der Waals surface area contributed by atoms with Gasteiger partial charge in [-0.05, 0) is 26.2 Å². The molecule has 0 unspecified atom stereocenters. The minimum Gasteiger partial charge on any atom is -0.465 e. The van der Waals surface area contributed by atoms with Gasteiger partial charge in [-0.3, -0.25) is 9.59 Å². The molecular weight excluding hydrogens is 332 g/mol. The number of furan rings is 1. The molecule has 6 nitrogen and oxygen atoms in total. The van der Waals surface area contributed by atoms with Gasteiger partial charge in [-0.1, -0.05) is 19.0 Å². The second-order valence-electron chi connectivity index (χ2n) is 7.57. The van der Waals surface area contributed by atoms with E-state index >= 15 is 0 Å². The van der Waals surface area contributed by atoms with Crippen LogP contribution < -0.4 is 0 Å². The van der Waals surface area contributed by atoms with Gasteiger partial charge in [0.15, 0.2) is 5.78 Å². The molecule has 0 N–H and O–H groups in total. The van der Waals surface area contributed by atoms with Crippen LogP contribution >= 0.6 is 0 Å². The van der Waals surface area contributed by atoms with E-state index in [9.17, 15) is 9.59 Å². The van der Waals surface area contributed by atoms with Crippen LogP contribution in [0.25, 0.3) is 0 Å². The molecule has 2 aromatic heterocycles. The Balaban J connectivity index is 1.67. The number of hydrogen-bond acceptors (Lipinski definition) is 5. The van der Waals surface area contributed by atoms with Crippen molar-refractivity contribution < 1.29 is 18.5 Å². The van der Waals surface area contributed by atoms with Crippen molar-refractivity contribution in [2.45, 2.75) is 64.8 Å². The van der Waals surface area contributed by atoms with Crippen LogP contribution in [0.4, 0.5) is 0 Å². The third kappa shape index (κ3) is 2.68. The van der Waals surface area contributed by atoms with Crippen molar-refractivity contribution in [3.05, 3.63) is 40.2 Å². The van der Waals surface area contributed by atoms with E-state index in [-0.39, 0.29) is 23.7 Å². The Morgan fingerprint density at radius 2 is 2.12 bits per heavy atom. The van der Waals surface area contributed by atoms with Crippen molar-refractivity contribution in [3.63, 3.8) is 0 Å². The lowest BCUT2D eigenvalue weighted by molar-refractivity contribution is 0.0724. The zero-order valence-corrected chi connectivity index (χ0v) is 15.5. The second kappa shape index (κ2) is 6.41. The monoisotopic (exact) mass is 356 g/mol. The summed E-state index contributed by atoms with van der Waals surface area (Å²) < 4.78 is 11.2. The minimum absolute atomic E-state index is 0.0192. The first-order valence-corrected chi connectivity index (χ1v) is 9.40. The van der Waals surface area contributed by atoms with E-state index in [0.29, 0.717) is 35.6 Å². The number of rotatable bonds is 3. The summed E-state index contributed by atoms with van der Waals surface area (Å²) in [7, 11) is 0. The third-order valence-corrected chi connectivity index (χ3v) is 5.43. The quantitative estimate of drug-likeness (QED) is 0.824. The van der Waals surface area contributed by atoms with Crippen LogP contribution in [0.3, 0.4) is 0 Å². The molecule has 138 valence electrons. The van der Waals surface area contributed by atoms with Gasteiger partial charge in [0, 0.05) is 31.4 Å². The van der Waals surface area contributed by atoms with Crippen LogP contribution in [0.5, 0.6) is 0 Å². The number of carbonyl (C=O) groups excluding carboxylic acids is 2. The Morgan fingerprint density at radius 1 is 1.31 bits per heavy atom. The van der Waals surface area contributed by atoms with Crippen LogP contribution in [-0.2, 0) is 6.42 Å². The second-order valence-corrected chi connectivity index (χ2v) is 7.57. The van der Waals surface area contributed by atoms with E-state index in [1.807, 2.05) is 11.0 Å². The number of amides is 1. The van der Waals surface area contributed by atoms with Crippen LogP contribution in [0.1, 0.15) is 95.2 Å². The van der Waals surface area contributed by atoms with Gasteiger partial charge in [0.25, 0.3) is 5.91 Å². The standard InChI is InChI=1S/C20H24N2O4/c1-11(2)17-10-13(21-26-17)14-6-5-9-22(14)20(24)18-12(3)25-16-8-4-7-15(23)19(16)18/h10-11,14H,4-9H2,1-3H3/t14-/m0/s1. The zero-order chi connectivity index (χ0) is 18.4. The molecule has 1 aliphatic carbocycles. The number of likely N-dealkylation sites (tertiary alicyclic amines) is 1. The molecule has 0 aromatic carbocycles. The Kier molecular flexibility index (Phi) is 4.21. The van der Waals surface area contributed by atoms with Gasteiger partial charge in [0.05, 0.1) is 17.2 Å². The topological polar surface area (TPSA) is 76.6 Å². The largest absolute Gasteiger partial charge is 0.465 e. The van der Waals surface area contributed by atoms with Gasteiger partial charge < -0.3 is 13.8 Å². The number of fused-ring (bicyclic) bond motifs is 1. The first kappa shape index (κ1) is 17.1. The Labute approximate surface area is 152 Å². The van der Waals surface area contributed by atoms with Crippen molar-refractivity contribution in [1.29, 1.82) is 0 Å². The molecule has 1 saturated heterocycles. The summed E-state index contributed by atoms with van der Waals surface area (Å²) in [5.74, 6) is 2.18. The number of hydrogen-bond donors (Lipinski definition) is 0. The number of aryl methyl sites for hydroxylation is 2. The van der Waals surface area contributed by atoms with Crippen LogP contribution in [0.2, 0.25) is 0 Å². The molecular formula is C20H24N2O4. The van der Waals surface area contributed by atoms with E-state index in [2.05, 4.69) is 19.0 Å². The fourth-order valence-electron chi connectivity index (χ4n) is 4.06. The van der Waals surface area contributed by atoms with Gasteiger partial charge in [-0.2, -0.15) is 0 Å². The highest BCUT2D eigenvalue weighted by molar-refractivity contribution is 6.10. The summed E-state index contributed by atoms with van der Waals surface area (Å²) in [5.41, 5.74) is 1.75. The van der Waals surface area contributed by atoms with Crippen molar-refractivity contribution in [2.75, 3.05) is 6.54 Å². The van der Waals surface area contributed by atoms with Crippen molar-refractivity contribution in [3.8, 4) is 0 Å². The molecule has 6 heteroatoms. The van der Waals surface area contributed by atoms with E-state index in [0.717, 1.165) is 37.1 Å². The van der Waals surface area contributed by atoms with Gasteiger partial charge in [-0.25, -0.2) is 0 Å². The van der Waals surface area contributed by atoms with Crippen LogP contribution in [-0.4, -0.2) is 28.3 Å². The number of Topliss-reactive ketones (excluding diaryl/α,β-unsaturated/α-hetero) is 1. The van der Waals surface area contributed by atoms with E-state index < -0.39 is 0 Å². The van der Waals surface area contributed by atoms with Gasteiger partial charge in [-0.15, -0.1) is 0 Å². The molecule has 2 aromatic rings. The molecule has 4 rings (SSSR count). The fraction of sp³-hybridized carbons (Fsp3) is 0.550. The summed E-state index contributed by atoms with van der Waals surface area (Å²) in [5, 5.41) is 4.20. The first-order chi connectivity index (χ1) is 12.5. The van der Waals surface area contributed by atoms with E-state index in [4.69, 9.17) is 8.94 Å². The molecule has 1 atom stereocenters. The predicted octanol–water partition coefficient (Wildman–Crippen LogP) is 4.20. The Bertz CT molecular complexity index is 861. The highest BCUT2D eigenvalue weighted by Gasteiger charge is 2.38. The average molecular weight is 356 g/mol. The smallest absolute Gasteiger partial charge is 0.258 e. The van der Waals surface area contributed by atoms with Crippen LogP contribution in [0.15, 0.2) is 15.0 Å². The highest BCUT2D eigenvalue weighted by Crippen LogP contribution is 2.37. The molecule has 0 radical (unpaired) electrons. The summed E-state index contributed by atoms with van der Waals surface area (Å²) in [4.78, 5) is 27.6. The lowest BCUT2D eigenvalue weighted by Gasteiger charge is -2.23. The van der Waals surface area contributed by atoms with Gasteiger partial charge in [0.1, 0.15) is 23.0 Å². The van der Waals surface area contributed by atoms with Crippen LogP contribution in [0, 0.1) is 6.92 Å². The summed E-state index contributed by atoms with van der Waals surface area (Å²) in [6.45, 7) is 6.53. The number of carbonyl (C=O) groups is 2. The minimum atomic E-state index is -0.126. The molecule has 1 aliphatic heterocycles. The Morgan fingerprint density at radius 3 is 2.85 bits per heavy atom. The zero-order valence-electron chi connectivity index (χ0n) is 15.5. The maximum atomic E-state index is 13.3. The summed E-state index contributed by atoms with van der Waals surface area (Å²) >= 11 is 0. The molecule has 1 fully saturated rings. The third-order valence-electron chi connectivity index (χ3n) is 5.43.